The third-order valence-electron chi connectivity index (χ3n) is 1.82. The lowest BCUT2D eigenvalue weighted by molar-refractivity contribution is -0.134. The Balaban J connectivity index is 0.00000144. The summed E-state index contributed by atoms with van der Waals surface area (Å²) in [5.74, 6) is -1.18. The predicted octanol–water partition coefficient (Wildman–Crippen LogP) is -1.35. The van der Waals surface area contributed by atoms with E-state index in [1.807, 2.05) is 0 Å². The maximum absolute atomic E-state index is 10.4. The molecule has 0 spiro atoms. The molecule has 13 heavy (non-hydrogen) atoms. The summed E-state index contributed by atoms with van der Waals surface area (Å²) >= 11 is 0. The summed E-state index contributed by atoms with van der Waals surface area (Å²) in [6.07, 6.45) is -2.86. The van der Waals surface area contributed by atoms with Gasteiger partial charge in [-0.2, -0.15) is 0 Å². The van der Waals surface area contributed by atoms with E-state index in [4.69, 9.17) is 20.4 Å². The van der Waals surface area contributed by atoms with Crippen molar-refractivity contribution in [2.24, 2.45) is 0 Å². The van der Waals surface area contributed by atoms with Crippen molar-refractivity contribution < 1.29 is 25.2 Å². The largest absolute Gasteiger partial charge is 0.478 e. The zero-order valence-corrected chi connectivity index (χ0v) is 6.92. The highest BCUT2D eigenvalue weighted by molar-refractivity contribution is 5.87. The molecule has 0 saturated carbocycles. The molecule has 0 amide bonds. The zero-order chi connectivity index (χ0) is 9.30. The Morgan fingerprint density at radius 2 is 1.92 bits per heavy atom. The van der Waals surface area contributed by atoms with Crippen LogP contribution in [-0.4, -0.2) is 44.7 Å². The van der Waals surface area contributed by atoms with Crippen LogP contribution in [0.5, 0.6) is 0 Å². The molecule has 1 aliphatic carbocycles. The zero-order valence-electron chi connectivity index (χ0n) is 6.92. The van der Waals surface area contributed by atoms with Gasteiger partial charge in [0.2, 0.25) is 0 Å². The van der Waals surface area contributed by atoms with Crippen molar-refractivity contribution in [1.82, 2.24) is 6.15 Å². The van der Waals surface area contributed by atoms with E-state index in [1.165, 1.54) is 0 Å². The topological polar surface area (TPSA) is 133 Å². The predicted molar refractivity (Wildman–Crippen MR) is 43.4 cm³/mol. The van der Waals surface area contributed by atoms with Crippen LogP contribution in [-0.2, 0) is 4.79 Å². The van der Waals surface area contributed by atoms with Crippen LogP contribution in [0.1, 0.15) is 6.42 Å². The summed E-state index contributed by atoms with van der Waals surface area (Å²) in [5.41, 5.74) is -0.0692. The highest BCUT2D eigenvalue weighted by atomic mass is 16.4. The molecule has 0 aromatic carbocycles. The number of carboxylic acid groups (broad SMARTS) is 1. The number of carboxylic acids is 1. The molecule has 0 aromatic rings. The fourth-order valence-electron chi connectivity index (χ4n) is 1.11. The number of rotatable bonds is 1. The SMILES string of the molecule is N.O=C(O)C1=CC(O)C(O)C(O)C1. The van der Waals surface area contributed by atoms with E-state index in [0.717, 1.165) is 6.08 Å². The van der Waals surface area contributed by atoms with Crippen molar-refractivity contribution in [1.29, 1.82) is 0 Å². The van der Waals surface area contributed by atoms with Crippen LogP contribution >= 0.6 is 0 Å². The number of hydrogen-bond acceptors (Lipinski definition) is 5. The molecule has 0 saturated heterocycles. The molecule has 3 atom stereocenters. The van der Waals surface area contributed by atoms with E-state index < -0.39 is 24.3 Å². The summed E-state index contributed by atoms with van der Waals surface area (Å²) in [6, 6.07) is 0. The maximum atomic E-state index is 10.4. The van der Waals surface area contributed by atoms with Crippen molar-refractivity contribution in [2.45, 2.75) is 24.7 Å². The van der Waals surface area contributed by atoms with Crippen LogP contribution < -0.4 is 6.15 Å². The van der Waals surface area contributed by atoms with E-state index in [9.17, 15) is 4.79 Å². The average Bonchev–Trinajstić information content (AvgIpc) is 1.99. The van der Waals surface area contributed by atoms with E-state index in [2.05, 4.69) is 0 Å². The van der Waals surface area contributed by atoms with Crippen LogP contribution in [0.25, 0.3) is 0 Å². The second-order valence-electron chi connectivity index (χ2n) is 2.75. The minimum Gasteiger partial charge on any atom is -0.478 e. The molecule has 6 nitrogen and oxygen atoms in total. The molecule has 0 fully saturated rings. The number of aliphatic hydroxyl groups excluding tert-OH is 3. The Hall–Kier alpha value is -0.950. The fourth-order valence-corrected chi connectivity index (χ4v) is 1.11. The lowest BCUT2D eigenvalue weighted by Crippen LogP contribution is -2.40. The molecule has 3 unspecified atom stereocenters. The van der Waals surface area contributed by atoms with E-state index in [-0.39, 0.29) is 18.1 Å². The number of aliphatic carboxylic acids is 1. The summed E-state index contributed by atoms with van der Waals surface area (Å²) in [5, 5.41) is 35.6. The molecule has 0 heterocycles. The molecule has 1 rings (SSSR count). The molecule has 0 bridgehead atoms. The Labute approximate surface area is 74.7 Å². The van der Waals surface area contributed by atoms with Crippen molar-refractivity contribution in [3.63, 3.8) is 0 Å². The molecule has 0 aliphatic heterocycles. The lowest BCUT2D eigenvalue weighted by Gasteiger charge is -2.25. The number of aliphatic hydroxyl groups is 3. The van der Waals surface area contributed by atoms with Gasteiger partial charge in [0.15, 0.2) is 0 Å². The Kier molecular flexibility index (Phi) is 4.02. The normalized spacial score (nSPS) is 33.2. The Morgan fingerprint density at radius 3 is 2.31 bits per heavy atom. The fraction of sp³-hybridized carbons (Fsp3) is 0.571. The Morgan fingerprint density at radius 1 is 1.38 bits per heavy atom. The quantitative estimate of drug-likeness (QED) is 0.348. The van der Waals surface area contributed by atoms with E-state index in [0.29, 0.717) is 0 Å². The van der Waals surface area contributed by atoms with Crippen LogP contribution in [0, 0.1) is 0 Å². The first-order valence-electron chi connectivity index (χ1n) is 3.50. The van der Waals surface area contributed by atoms with Crippen LogP contribution in [0.15, 0.2) is 11.6 Å². The summed E-state index contributed by atoms with van der Waals surface area (Å²) < 4.78 is 0. The molecule has 0 aromatic heterocycles. The highest BCUT2D eigenvalue weighted by Gasteiger charge is 2.31. The van der Waals surface area contributed by atoms with Crippen molar-refractivity contribution >= 4 is 5.97 Å². The molecular formula is C7H13NO5. The van der Waals surface area contributed by atoms with E-state index in [1.54, 1.807) is 0 Å². The van der Waals surface area contributed by atoms with Crippen molar-refractivity contribution in [3.8, 4) is 0 Å². The van der Waals surface area contributed by atoms with Gasteiger partial charge in [-0.05, 0) is 6.08 Å². The lowest BCUT2D eigenvalue weighted by atomic mass is 9.92. The summed E-state index contributed by atoms with van der Waals surface area (Å²) in [4.78, 5) is 10.4. The second-order valence-corrected chi connectivity index (χ2v) is 2.75. The van der Waals surface area contributed by atoms with Crippen molar-refractivity contribution in [3.05, 3.63) is 11.6 Å². The minimum atomic E-state index is -1.29. The highest BCUT2D eigenvalue weighted by Crippen LogP contribution is 2.19. The van der Waals surface area contributed by atoms with Gasteiger partial charge in [0.1, 0.15) is 12.2 Å². The van der Waals surface area contributed by atoms with Gasteiger partial charge in [-0.15, -0.1) is 0 Å². The molecule has 1 aliphatic rings. The molecule has 76 valence electrons. The first-order chi connectivity index (χ1) is 5.52. The molecule has 7 N–H and O–H groups in total. The first kappa shape index (κ1) is 12.0. The number of hydrogen-bond donors (Lipinski definition) is 5. The third kappa shape index (κ3) is 2.49. The maximum Gasteiger partial charge on any atom is 0.331 e. The van der Waals surface area contributed by atoms with Gasteiger partial charge in [0.25, 0.3) is 0 Å². The minimum absolute atomic E-state index is 0. The monoisotopic (exact) mass is 191 g/mol. The van der Waals surface area contributed by atoms with Gasteiger partial charge in [-0.3, -0.25) is 0 Å². The van der Waals surface area contributed by atoms with E-state index >= 15 is 0 Å². The first-order valence-corrected chi connectivity index (χ1v) is 3.50. The van der Waals surface area contributed by atoms with Gasteiger partial charge in [0, 0.05) is 12.0 Å². The Bertz CT molecular complexity index is 227. The molecule has 6 heteroatoms. The summed E-state index contributed by atoms with van der Waals surface area (Å²) in [7, 11) is 0. The average molecular weight is 191 g/mol. The second kappa shape index (κ2) is 4.33. The van der Waals surface area contributed by atoms with Gasteiger partial charge in [-0.25, -0.2) is 4.79 Å². The standard InChI is InChI=1S/C7H10O5.H3N/c8-4-1-3(7(11)12)2-5(9)6(4)10;/h1,4-6,8-10H,2H2,(H,11,12);1H3. The number of carbonyl (C=O) groups is 1. The van der Waals surface area contributed by atoms with Crippen molar-refractivity contribution in [2.75, 3.05) is 0 Å². The van der Waals surface area contributed by atoms with Gasteiger partial charge < -0.3 is 26.6 Å². The summed E-state index contributed by atoms with van der Waals surface area (Å²) in [6.45, 7) is 0. The van der Waals surface area contributed by atoms with Gasteiger partial charge in [-0.1, -0.05) is 0 Å². The molecular weight excluding hydrogens is 178 g/mol. The van der Waals surface area contributed by atoms with Gasteiger partial charge in [0.05, 0.1) is 6.10 Å². The van der Waals surface area contributed by atoms with Gasteiger partial charge >= 0.3 is 5.97 Å². The smallest absolute Gasteiger partial charge is 0.331 e. The van der Waals surface area contributed by atoms with Crippen LogP contribution in [0.3, 0.4) is 0 Å². The van der Waals surface area contributed by atoms with Crippen LogP contribution in [0.4, 0.5) is 0 Å². The van der Waals surface area contributed by atoms with Crippen LogP contribution in [0.2, 0.25) is 0 Å². The third-order valence-corrected chi connectivity index (χ3v) is 1.82. The molecule has 0 radical (unpaired) electrons.